The van der Waals surface area contributed by atoms with Gasteiger partial charge in [-0.25, -0.2) is 0 Å². The van der Waals surface area contributed by atoms with E-state index < -0.39 is 27.1 Å². The van der Waals surface area contributed by atoms with Crippen LogP contribution in [0.2, 0.25) is 0 Å². The molecule has 0 fully saturated rings. The lowest BCUT2D eigenvalue weighted by molar-refractivity contribution is -0.395. The molecule has 0 aromatic heterocycles. The minimum atomic E-state index is -0.740. The molecular formula is C17H17N3O5. The quantitative estimate of drug-likeness (QED) is 0.645. The molecule has 0 saturated carbocycles. The van der Waals surface area contributed by atoms with Crippen molar-refractivity contribution in [3.05, 3.63) is 73.3 Å². The minimum Gasteiger partial charge on any atom is -0.322 e. The van der Waals surface area contributed by atoms with E-state index in [1.807, 2.05) is 26.0 Å². The molecule has 1 amide bonds. The Bertz CT molecular complexity index is 809. The number of carbonyl (C=O) groups excluding carboxylic acids is 1. The zero-order valence-electron chi connectivity index (χ0n) is 14.0. The first kappa shape index (κ1) is 18.1. The highest BCUT2D eigenvalue weighted by molar-refractivity contribution is 6.05. The molecule has 2 rings (SSSR count). The maximum Gasteiger partial charge on any atom is 0.279 e. The Morgan fingerprint density at radius 1 is 1.00 bits per heavy atom. The number of hydrogen-bond donors (Lipinski definition) is 1. The number of rotatable bonds is 5. The summed E-state index contributed by atoms with van der Waals surface area (Å²) in [6.45, 7) is 5.36. The first-order chi connectivity index (χ1) is 11.7. The molecule has 1 N–H and O–H groups in total. The summed E-state index contributed by atoms with van der Waals surface area (Å²) in [6.07, 6.45) is 0. The topological polar surface area (TPSA) is 115 Å². The second-order valence-corrected chi connectivity index (χ2v) is 5.88. The van der Waals surface area contributed by atoms with Gasteiger partial charge in [0.1, 0.15) is 5.56 Å². The van der Waals surface area contributed by atoms with Crippen LogP contribution in [0.15, 0.2) is 36.4 Å². The smallest absolute Gasteiger partial charge is 0.279 e. The van der Waals surface area contributed by atoms with Crippen LogP contribution >= 0.6 is 0 Å². The Morgan fingerprint density at radius 3 is 1.88 bits per heavy atom. The number of nitro benzene ring substituents is 2. The van der Waals surface area contributed by atoms with Crippen LogP contribution in [0, 0.1) is 27.2 Å². The van der Waals surface area contributed by atoms with Crippen LogP contribution in [0.25, 0.3) is 0 Å². The molecule has 8 nitrogen and oxygen atoms in total. The van der Waals surface area contributed by atoms with E-state index in [1.165, 1.54) is 6.92 Å². The predicted molar refractivity (Wildman–Crippen MR) is 93.0 cm³/mol. The van der Waals surface area contributed by atoms with Crippen molar-refractivity contribution < 1.29 is 14.6 Å². The maximum atomic E-state index is 12.3. The van der Waals surface area contributed by atoms with Crippen molar-refractivity contribution in [3.63, 3.8) is 0 Å². The van der Waals surface area contributed by atoms with Gasteiger partial charge in [-0.05, 0) is 30.5 Å². The van der Waals surface area contributed by atoms with Gasteiger partial charge in [0, 0.05) is 17.8 Å². The molecule has 0 aliphatic carbocycles. The van der Waals surface area contributed by atoms with Gasteiger partial charge in [-0.3, -0.25) is 25.0 Å². The van der Waals surface area contributed by atoms with E-state index in [1.54, 1.807) is 12.1 Å². The van der Waals surface area contributed by atoms with Gasteiger partial charge in [0.05, 0.1) is 15.4 Å². The van der Waals surface area contributed by atoms with Crippen molar-refractivity contribution in [2.45, 2.75) is 26.7 Å². The van der Waals surface area contributed by atoms with E-state index in [2.05, 4.69) is 5.32 Å². The zero-order valence-corrected chi connectivity index (χ0v) is 14.0. The minimum absolute atomic E-state index is 0.0900. The molecule has 130 valence electrons. The molecule has 0 unspecified atom stereocenters. The lowest BCUT2D eigenvalue weighted by atomic mass is 10.0. The summed E-state index contributed by atoms with van der Waals surface area (Å²) in [5.74, 6) is -0.310. The average molecular weight is 343 g/mol. The molecule has 0 atom stereocenters. The second-order valence-electron chi connectivity index (χ2n) is 5.88. The van der Waals surface area contributed by atoms with Gasteiger partial charge < -0.3 is 5.32 Å². The first-order valence-electron chi connectivity index (χ1n) is 7.55. The molecule has 0 spiro atoms. The fourth-order valence-corrected chi connectivity index (χ4v) is 2.35. The van der Waals surface area contributed by atoms with Crippen molar-refractivity contribution in [1.29, 1.82) is 0 Å². The number of nitrogens with one attached hydrogen (secondary N) is 1. The third kappa shape index (κ3) is 3.97. The number of nitrogens with zero attached hydrogens (tertiary/aromatic N) is 2. The summed E-state index contributed by atoms with van der Waals surface area (Å²) < 4.78 is 0. The highest BCUT2D eigenvalue weighted by Gasteiger charge is 2.25. The monoisotopic (exact) mass is 343 g/mol. The standard InChI is InChI=1S/C17H17N3O5/c1-10(2)12-4-6-14(7-5-12)18-17(21)13-8-15(19(22)23)11(3)16(9-13)20(24)25/h4-10H,1-3H3,(H,18,21). The van der Waals surface area contributed by atoms with Gasteiger partial charge >= 0.3 is 0 Å². The molecule has 0 aliphatic rings. The normalized spacial score (nSPS) is 10.6. The van der Waals surface area contributed by atoms with Crippen LogP contribution in [-0.4, -0.2) is 15.8 Å². The Kier molecular flexibility index (Phi) is 5.11. The van der Waals surface area contributed by atoms with E-state index in [0.29, 0.717) is 11.6 Å². The summed E-state index contributed by atoms with van der Waals surface area (Å²) in [6, 6.07) is 9.23. The average Bonchev–Trinajstić information content (AvgIpc) is 2.54. The maximum absolute atomic E-state index is 12.3. The van der Waals surface area contributed by atoms with Gasteiger partial charge in [-0.15, -0.1) is 0 Å². The van der Waals surface area contributed by atoms with Gasteiger partial charge in [-0.2, -0.15) is 0 Å². The van der Waals surface area contributed by atoms with Crippen LogP contribution in [0.1, 0.15) is 41.3 Å². The van der Waals surface area contributed by atoms with E-state index >= 15 is 0 Å². The van der Waals surface area contributed by atoms with E-state index in [9.17, 15) is 25.0 Å². The summed E-state index contributed by atoms with van der Waals surface area (Å²) in [7, 11) is 0. The molecule has 0 radical (unpaired) electrons. The largest absolute Gasteiger partial charge is 0.322 e. The number of carbonyl (C=O) groups is 1. The summed E-state index contributed by atoms with van der Waals surface area (Å²) in [5, 5.41) is 24.8. The molecule has 0 heterocycles. The number of nitro groups is 2. The van der Waals surface area contributed by atoms with Crippen LogP contribution in [0.5, 0.6) is 0 Å². The van der Waals surface area contributed by atoms with E-state index in [4.69, 9.17) is 0 Å². The third-order valence-electron chi connectivity index (χ3n) is 3.84. The fourth-order valence-electron chi connectivity index (χ4n) is 2.35. The molecule has 2 aromatic rings. The van der Waals surface area contributed by atoms with Crippen LogP contribution < -0.4 is 5.32 Å². The number of hydrogen-bond acceptors (Lipinski definition) is 5. The predicted octanol–water partition coefficient (Wildman–Crippen LogP) is 4.19. The SMILES string of the molecule is Cc1c([N+](=O)[O-])cc(C(=O)Nc2ccc(C(C)C)cc2)cc1[N+](=O)[O-]. The second kappa shape index (κ2) is 7.08. The number of benzene rings is 2. The van der Waals surface area contributed by atoms with Crippen molar-refractivity contribution in [3.8, 4) is 0 Å². The molecule has 2 aromatic carbocycles. The third-order valence-corrected chi connectivity index (χ3v) is 3.84. The van der Waals surface area contributed by atoms with E-state index in [0.717, 1.165) is 17.7 Å². The Morgan fingerprint density at radius 2 is 1.48 bits per heavy atom. The summed E-state index contributed by atoms with van der Waals surface area (Å²) in [5.41, 5.74) is 0.439. The van der Waals surface area contributed by atoms with Gasteiger partial charge in [0.25, 0.3) is 17.3 Å². The van der Waals surface area contributed by atoms with Gasteiger partial charge in [0.2, 0.25) is 0 Å². The summed E-state index contributed by atoms with van der Waals surface area (Å²) in [4.78, 5) is 33.0. The zero-order chi connectivity index (χ0) is 18.7. The van der Waals surface area contributed by atoms with Crippen molar-refractivity contribution in [2.75, 3.05) is 5.32 Å². The van der Waals surface area contributed by atoms with E-state index in [-0.39, 0.29) is 11.1 Å². The van der Waals surface area contributed by atoms with Crippen LogP contribution in [-0.2, 0) is 0 Å². The number of amides is 1. The first-order valence-corrected chi connectivity index (χ1v) is 7.55. The lowest BCUT2D eigenvalue weighted by Crippen LogP contribution is -2.13. The van der Waals surface area contributed by atoms with Gasteiger partial charge in [0.15, 0.2) is 0 Å². The number of anilines is 1. The summed E-state index contributed by atoms with van der Waals surface area (Å²) >= 11 is 0. The highest BCUT2D eigenvalue weighted by Crippen LogP contribution is 2.29. The molecular weight excluding hydrogens is 326 g/mol. The van der Waals surface area contributed by atoms with Crippen LogP contribution in [0.4, 0.5) is 17.1 Å². The van der Waals surface area contributed by atoms with Crippen molar-refractivity contribution in [2.24, 2.45) is 0 Å². The Hall–Kier alpha value is -3.29. The molecule has 0 saturated heterocycles. The highest BCUT2D eigenvalue weighted by atomic mass is 16.6. The lowest BCUT2D eigenvalue weighted by Gasteiger charge is -2.09. The fraction of sp³-hybridized carbons (Fsp3) is 0.235. The Balaban J connectivity index is 2.35. The van der Waals surface area contributed by atoms with Gasteiger partial charge in [-0.1, -0.05) is 26.0 Å². The Labute approximate surface area is 143 Å². The molecule has 8 heteroatoms. The van der Waals surface area contributed by atoms with Crippen molar-refractivity contribution >= 4 is 23.0 Å². The molecule has 25 heavy (non-hydrogen) atoms. The molecule has 0 bridgehead atoms. The molecule has 0 aliphatic heterocycles. The van der Waals surface area contributed by atoms with Crippen molar-refractivity contribution in [1.82, 2.24) is 0 Å². The van der Waals surface area contributed by atoms with Crippen LogP contribution in [0.3, 0.4) is 0 Å².